The Kier molecular flexibility index (Phi) is 5.06. The van der Waals surface area contributed by atoms with Gasteiger partial charge in [-0.3, -0.25) is 0 Å². The topological polar surface area (TPSA) is 51.0 Å². The molecule has 0 aliphatic carbocycles. The molecular formula is C10H15F4N3O. The van der Waals surface area contributed by atoms with Crippen molar-refractivity contribution in [2.24, 2.45) is 0 Å². The molecule has 0 bridgehead atoms. The molecule has 0 amide bonds. The summed E-state index contributed by atoms with van der Waals surface area (Å²) in [5.41, 5.74) is 0. The third-order valence-electron chi connectivity index (χ3n) is 2.35. The molecule has 0 fully saturated rings. The molecule has 1 unspecified atom stereocenters. The summed E-state index contributed by atoms with van der Waals surface area (Å²) in [6.45, 7) is 4.37. The normalized spacial score (nSPS) is 14.2. The first kappa shape index (κ1) is 14.9. The fourth-order valence-electron chi connectivity index (χ4n) is 1.33. The highest BCUT2D eigenvalue weighted by Gasteiger charge is 2.48. The zero-order chi connectivity index (χ0) is 13.8. The SMILES string of the molecule is CCCNC(CC)c1nnc(C(F)(F)C(F)F)o1. The van der Waals surface area contributed by atoms with Crippen LogP contribution < -0.4 is 5.32 Å². The molecule has 18 heavy (non-hydrogen) atoms. The maximum atomic E-state index is 12.9. The Balaban J connectivity index is 2.84. The third kappa shape index (κ3) is 3.18. The number of rotatable bonds is 7. The molecule has 1 atom stereocenters. The number of alkyl halides is 4. The summed E-state index contributed by atoms with van der Waals surface area (Å²) in [6, 6.07) is -0.403. The fourth-order valence-corrected chi connectivity index (χ4v) is 1.33. The second kappa shape index (κ2) is 6.12. The molecule has 0 aliphatic rings. The molecule has 104 valence electrons. The largest absolute Gasteiger partial charge is 0.418 e. The van der Waals surface area contributed by atoms with Crippen LogP contribution in [0.5, 0.6) is 0 Å². The minimum Gasteiger partial charge on any atom is -0.418 e. The highest BCUT2D eigenvalue weighted by atomic mass is 19.3. The summed E-state index contributed by atoms with van der Waals surface area (Å²) in [7, 11) is 0. The van der Waals surface area contributed by atoms with E-state index in [4.69, 9.17) is 0 Å². The van der Waals surface area contributed by atoms with Crippen molar-refractivity contribution >= 4 is 0 Å². The summed E-state index contributed by atoms with van der Waals surface area (Å²) in [6.07, 6.45) is -2.50. The van der Waals surface area contributed by atoms with E-state index in [2.05, 4.69) is 19.9 Å². The van der Waals surface area contributed by atoms with Crippen molar-refractivity contribution in [2.75, 3.05) is 6.54 Å². The van der Waals surface area contributed by atoms with Gasteiger partial charge in [-0.05, 0) is 19.4 Å². The van der Waals surface area contributed by atoms with Crippen LogP contribution in [0.3, 0.4) is 0 Å². The number of aromatic nitrogens is 2. The summed E-state index contributed by atoms with van der Waals surface area (Å²) >= 11 is 0. The average molecular weight is 269 g/mol. The van der Waals surface area contributed by atoms with Gasteiger partial charge in [-0.25, -0.2) is 8.78 Å². The van der Waals surface area contributed by atoms with E-state index in [1.54, 1.807) is 6.92 Å². The smallest absolute Gasteiger partial charge is 0.382 e. The highest BCUT2D eigenvalue weighted by Crippen LogP contribution is 2.34. The second-order valence-electron chi connectivity index (χ2n) is 3.78. The molecule has 0 saturated heterocycles. The summed E-state index contributed by atoms with van der Waals surface area (Å²) in [4.78, 5) is 0. The molecule has 0 spiro atoms. The van der Waals surface area contributed by atoms with Crippen molar-refractivity contribution in [1.29, 1.82) is 0 Å². The minimum atomic E-state index is -4.41. The Labute approximate surface area is 102 Å². The highest BCUT2D eigenvalue weighted by molar-refractivity contribution is 4.96. The lowest BCUT2D eigenvalue weighted by molar-refractivity contribution is -0.151. The van der Waals surface area contributed by atoms with Gasteiger partial charge in [-0.15, -0.1) is 10.2 Å². The second-order valence-corrected chi connectivity index (χ2v) is 3.78. The lowest BCUT2D eigenvalue weighted by Gasteiger charge is -2.12. The van der Waals surface area contributed by atoms with Gasteiger partial charge in [0.15, 0.2) is 0 Å². The van der Waals surface area contributed by atoms with Crippen molar-refractivity contribution in [1.82, 2.24) is 15.5 Å². The first-order chi connectivity index (χ1) is 8.43. The quantitative estimate of drug-likeness (QED) is 0.773. The van der Waals surface area contributed by atoms with Gasteiger partial charge in [0, 0.05) is 0 Å². The molecular weight excluding hydrogens is 254 g/mol. The minimum absolute atomic E-state index is 0.0960. The van der Waals surface area contributed by atoms with E-state index in [-0.39, 0.29) is 5.89 Å². The van der Waals surface area contributed by atoms with Crippen LogP contribution in [0.25, 0.3) is 0 Å². The molecule has 1 aromatic heterocycles. The van der Waals surface area contributed by atoms with E-state index in [9.17, 15) is 17.6 Å². The summed E-state index contributed by atoms with van der Waals surface area (Å²) < 4.78 is 54.7. The van der Waals surface area contributed by atoms with Crippen LogP contribution >= 0.6 is 0 Å². The zero-order valence-electron chi connectivity index (χ0n) is 10.1. The van der Waals surface area contributed by atoms with Crippen LogP contribution in [0.15, 0.2) is 4.42 Å². The van der Waals surface area contributed by atoms with Gasteiger partial charge in [0.25, 0.3) is 5.89 Å². The van der Waals surface area contributed by atoms with E-state index in [0.29, 0.717) is 13.0 Å². The van der Waals surface area contributed by atoms with Crippen LogP contribution in [0.1, 0.15) is 44.5 Å². The molecule has 0 aromatic carbocycles. The third-order valence-corrected chi connectivity index (χ3v) is 2.35. The molecule has 0 saturated carbocycles. The fraction of sp³-hybridized carbons (Fsp3) is 0.800. The lowest BCUT2D eigenvalue weighted by Crippen LogP contribution is -2.24. The van der Waals surface area contributed by atoms with E-state index in [1.807, 2.05) is 6.92 Å². The van der Waals surface area contributed by atoms with E-state index < -0.39 is 24.3 Å². The predicted molar refractivity (Wildman–Crippen MR) is 55.5 cm³/mol. The maximum absolute atomic E-state index is 12.9. The Bertz CT molecular complexity index is 370. The molecule has 1 aromatic rings. The van der Waals surface area contributed by atoms with Crippen molar-refractivity contribution in [3.8, 4) is 0 Å². The molecule has 1 heterocycles. The van der Waals surface area contributed by atoms with Crippen LogP contribution in [-0.4, -0.2) is 23.2 Å². The first-order valence-corrected chi connectivity index (χ1v) is 5.66. The summed E-state index contributed by atoms with van der Waals surface area (Å²) in [5, 5.41) is 9.40. The Morgan fingerprint density at radius 1 is 1.28 bits per heavy atom. The average Bonchev–Trinajstić information content (AvgIpc) is 2.80. The van der Waals surface area contributed by atoms with Crippen molar-refractivity contribution in [3.05, 3.63) is 11.8 Å². The van der Waals surface area contributed by atoms with E-state index in [0.717, 1.165) is 6.42 Å². The Hall–Kier alpha value is -1.18. The van der Waals surface area contributed by atoms with Crippen molar-refractivity contribution in [2.45, 2.75) is 45.1 Å². The molecule has 4 nitrogen and oxygen atoms in total. The van der Waals surface area contributed by atoms with Crippen molar-refractivity contribution < 1.29 is 22.0 Å². The van der Waals surface area contributed by atoms with E-state index in [1.165, 1.54) is 0 Å². The van der Waals surface area contributed by atoms with Crippen LogP contribution in [0, 0.1) is 0 Å². The Morgan fingerprint density at radius 3 is 2.44 bits per heavy atom. The molecule has 1 rings (SSSR count). The number of hydrogen-bond acceptors (Lipinski definition) is 4. The van der Waals surface area contributed by atoms with Gasteiger partial charge in [0.05, 0.1) is 6.04 Å². The predicted octanol–water partition coefficient (Wildman–Crippen LogP) is 2.88. The molecule has 1 N–H and O–H groups in total. The van der Waals surface area contributed by atoms with E-state index >= 15 is 0 Å². The standard InChI is InChI=1S/C10H15F4N3O/c1-3-5-15-6(4-2)7-16-17-9(18-7)10(13,14)8(11)12/h6,8,15H,3-5H2,1-2H3. The monoisotopic (exact) mass is 269 g/mol. The van der Waals surface area contributed by atoms with Crippen LogP contribution in [0.4, 0.5) is 17.6 Å². The zero-order valence-corrected chi connectivity index (χ0v) is 10.1. The van der Waals surface area contributed by atoms with Gasteiger partial charge >= 0.3 is 12.3 Å². The van der Waals surface area contributed by atoms with Gasteiger partial charge in [0.2, 0.25) is 5.89 Å². The maximum Gasteiger partial charge on any atom is 0.382 e. The van der Waals surface area contributed by atoms with Gasteiger partial charge in [-0.2, -0.15) is 8.78 Å². The number of halogens is 4. The first-order valence-electron chi connectivity index (χ1n) is 5.66. The lowest BCUT2D eigenvalue weighted by atomic mass is 10.2. The van der Waals surface area contributed by atoms with Crippen molar-refractivity contribution in [3.63, 3.8) is 0 Å². The number of nitrogens with zero attached hydrogens (tertiary/aromatic N) is 2. The van der Waals surface area contributed by atoms with Gasteiger partial charge in [-0.1, -0.05) is 13.8 Å². The summed E-state index contributed by atoms with van der Waals surface area (Å²) in [5.74, 6) is -5.85. The molecule has 0 aliphatic heterocycles. The van der Waals surface area contributed by atoms with Gasteiger partial charge < -0.3 is 9.73 Å². The van der Waals surface area contributed by atoms with Crippen LogP contribution in [-0.2, 0) is 5.92 Å². The van der Waals surface area contributed by atoms with Gasteiger partial charge in [0.1, 0.15) is 0 Å². The number of hydrogen-bond donors (Lipinski definition) is 1. The number of nitrogens with one attached hydrogen (secondary N) is 1. The van der Waals surface area contributed by atoms with Crippen LogP contribution in [0.2, 0.25) is 0 Å². The molecule has 8 heteroatoms. The molecule has 0 radical (unpaired) electrons. The Morgan fingerprint density at radius 2 is 1.94 bits per heavy atom.